The number of hydrogen-bond acceptors (Lipinski definition) is 5. The van der Waals surface area contributed by atoms with Gasteiger partial charge in [-0.1, -0.05) is 29.4 Å². The lowest BCUT2D eigenvalue weighted by atomic mass is 10.0. The van der Waals surface area contributed by atoms with Gasteiger partial charge in [-0.3, -0.25) is 4.79 Å². The quantitative estimate of drug-likeness (QED) is 0.793. The molecule has 27 heavy (non-hydrogen) atoms. The monoisotopic (exact) mass is 370 g/mol. The molecule has 1 N–H and O–H groups in total. The lowest BCUT2D eigenvalue weighted by molar-refractivity contribution is -0.131. The second-order valence-electron chi connectivity index (χ2n) is 6.17. The molecule has 0 saturated heterocycles. The van der Waals surface area contributed by atoms with E-state index in [-0.39, 0.29) is 11.7 Å². The minimum atomic E-state index is -0.671. The molecule has 1 amide bonds. The highest BCUT2D eigenvalue weighted by molar-refractivity contribution is 5.94. The highest BCUT2D eigenvalue weighted by atomic mass is 19.1. The van der Waals surface area contributed by atoms with Crippen LogP contribution < -0.4 is 5.32 Å². The minimum absolute atomic E-state index is 0.259. The molecule has 0 radical (unpaired) electrons. The number of carbonyl (C=O) groups excluding carboxylic acids is 2. The SMILES string of the molecule is COC(=O)c1ccc(CNC(=O)[C@@H]2CC(Cc3ccc(F)cc3)=NO2)cc1. The van der Waals surface area contributed by atoms with Crippen LogP contribution in [0.4, 0.5) is 4.39 Å². The normalized spacial score (nSPS) is 15.6. The summed E-state index contributed by atoms with van der Waals surface area (Å²) in [6, 6.07) is 12.9. The Bertz CT molecular complexity index is 847. The number of nitrogens with zero attached hydrogens (tertiary/aromatic N) is 1. The molecule has 0 saturated carbocycles. The Hall–Kier alpha value is -3.22. The van der Waals surface area contributed by atoms with Gasteiger partial charge in [0.2, 0.25) is 6.10 Å². The molecule has 0 aromatic heterocycles. The van der Waals surface area contributed by atoms with Gasteiger partial charge in [0.05, 0.1) is 18.4 Å². The first kappa shape index (κ1) is 18.6. The van der Waals surface area contributed by atoms with E-state index in [2.05, 4.69) is 15.2 Å². The summed E-state index contributed by atoms with van der Waals surface area (Å²) in [5, 5.41) is 6.75. The molecule has 3 rings (SSSR count). The van der Waals surface area contributed by atoms with Gasteiger partial charge in [0.25, 0.3) is 5.91 Å². The summed E-state index contributed by atoms with van der Waals surface area (Å²) in [6.45, 7) is 0.313. The standard InChI is InChI=1S/C20H19FN2O4/c1-26-20(25)15-6-2-14(3-7-15)12-22-19(24)18-11-17(23-27-18)10-13-4-8-16(21)9-5-13/h2-9,18H,10-12H2,1H3,(H,22,24)/t18-/m0/s1. The van der Waals surface area contributed by atoms with Crippen molar-refractivity contribution in [3.63, 3.8) is 0 Å². The van der Waals surface area contributed by atoms with Crippen LogP contribution in [0.5, 0.6) is 0 Å². The molecule has 0 aliphatic carbocycles. The summed E-state index contributed by atoms with van der Waals surface area (Å²) < 4.78 is 17.6. The fourth-order valence-corrected chi connectivity index (χ4v) is 2.69. The number of oxime groups is 1. The van der Waals surface area contributed by atoms with Crippen molar-refractivity contribution < 1.29 is 23.6 Å². The fraction of sp³-hybridized carbons (Fsp3) is 0.250. The van der Waals surface area contributed by atoms with E-state index in [1.54, 1.807) is 36.4 Å². The molecular weight excluding hydrogens is 351 g/mol. The maximum Gasteiger partial charge on any atom is 0.337 e. The van der Waals surface area contributed by atoms with E-state index < -0.39 is 12.1 Å². The average Bonchev–Trinajstić information content (AvgIpc) is 3.16. The van der Waals surface area contributed by atoms with Gasteiger partial charge < -0.3 is 14.9 Å². The van der Waals surface area contributed by atoms with Crippen LogP contribution in [-0.2, 0) is 27.3 Å². The van der Waals surface area contributed by atoms with E-state index in [0.29, 0.717) is 24.9 Å². The summed E-state index contributed by atoms with van der Waals surface area (Å²) in [5.41, 5.74) is 2.95. The number of benzene rings is 2. The third kappa shape index (κ3) is 4.91. The molecule has 7 heteroatoms. The first-order valence-electron chi connectivity index (χ1n) is 8.46. The predicted molar refractivity (Wildman–Crippen MR) is 96.7 cm³/mol. The van der Waals surface area contributed by atoms with E-state index in [0.717, 1.165) is 16.8 Å². The third-order valence-corrected chi connectivity index (χ3v) is 4.19. The first-order valence-corrected chi connectivity index (χ1v) is 8.46. The number of esters is 1. The van der Waals surface area contributed by atoms with Crippen molar-refractivity contribution in [1.82, 2.24) is 5.32 Å². The second-order valence-corrected chi connectivity index (χ2v) is 6.17. The van der Waals surface area contributed by atoms with E-state index in [9.17, 15) is 14.0 Å². The summed E-state index contributed by atoms with van der Waals surface area (Å²) in [7, 11) is 1.32. The summed E-state index contributed by atoms with van der Waals surface area (Å²) in [6.07, 6.45) is 0.235. The van der Waals surface area contributed by atoms with Crippen LogP contribution in [0.2, 0.25) is 0 Å². The Morgan fingerprint density at radius 2 is 1.81 bits per heavy atom. The van der Waals surface area contributed by atoms with Crippen molar-refractivity contribution in [2.24, 2.45) is 5.16 Å². The Morgan fingerprint density at radius 3 is 2.48 bits per heavy atom. The number of ether oxygens (including phenoxy) is 1. The Balaban J connectivity index is 1.47. The minimum Gasteiger partial charge on any atom is -0.465 e. The molecule has 0 fully saturated rings. The van der Waals surface area contributed by atoms with E-state index in [1.165, 1.54) is 19.2 Å². The number of carbonyl (C=O) groups is 2. The zero-order valence-electron chi connectivity index (χ0n) is 14.8. The van der Waals surface area contributed by atoms with Crippen LogP contribution >= 0.6 is 0 Å². The number of methoxy groups -OCH3 is 1. The van der Waals surface area contributed by atoms with Gasteiger partial charge >= 0.3 is 5.97 Å². The van der Waals surface area contributed by atoms with E-state index in [4.69, 9.17) is 4.84 Å². The molecule has 0 bridgehead atoms. The van der Waals surface area contributed by atoms with Crippen molar-refractivity contribution in [2.75, 3.05) is 7.11 Å². The van der Waals surface area contributed by atoms with Gasteiger partial charge in [-0.25, -0.2) is 9.18 Å². The van der Waals surface area contributed by atoms with E-state index in [1.807, 2.05) is 0 Å². The van der Waals surface area contributed by atoms with Crippen LogP contribution in [-0.4, -0.2) is 30.8 Å². The van der Waals surface area contributed by atoms with Crippen molar-refractivity contribution >= 4 is 17.6 Å². The van der Waals surface area contributed by atoms with Crippen LogP contribution in [0.25, 0.3) is 0 Å². The smallest absolute Gasteiger partial charge is 0.337 e. The average molecular weight is 370 g/mol. The molecule has 1 aliphatic heterocycles. The van der Waals surface area contributed by atoms with Gasteiger partial charge in [0, 0.05) is 19.4 Å². The lowest BCUT2D eigenvalue weighted by Gasteiger charge is -2.10. The van der Waals surface area contributed by atoms with Crippen molar-refractivity contribution in [3.05, 3.63) is 71.0 Å². The van der Waals surface area contributed by atoms with Gasteiger partial charge in [0.15, 0.2) is 0 Å². The van der Waals surface area contributed by atoms with E-state index >= 15 is 0 Å². The van der Waals surface area contributed by atoms with Crippen LogP contribution in [0, 0.1) is 5.82 Å². The van der Waals surface area contributed by atoms with Gasteiger partial charge in [-0.2, -0.15) is 0 Å². The van der Waals surface area contributed by atoms with Crippen LogP contribution in [0.1, 0.15) is 27.9 Å². The lowest BCUT2D eigenvalue weighted by Crippen LogP contribution is -2.34. The summed E-state index contributed by atoms with van der Waals surface area (Å²) >= 11 is 0. The zero-order chi connectivity index (χ0) is 19.2. The largest absolute Gasteiger partial charge is 0.465 e. The Labute approximate surface area is 156 Å². The topological polar surface area (TPSA) is 77.0 Å². The summed E-state index contributed by atoms with van der Waals surface area (Å²) in [4.78, 5) is 28.9. The molecule has 1 atom stereocenters. The second kappa shape index (κ2) is 8.44. The molecule has 0 unspecified atom stereocenters. The maximum atomic E-state index is 12.9. The molecule has 2 aromatic rings. The molecule has 0 spiro atoms. The Morgan fingerprint density at radius 1 is 1.15 bits per heavy atom. The molecular formula is C20H19FN2O4. The summed E-state index contributed by atoms with van der Waals surface area (Å²) in [5.74, 6) is -0.957. The van der Waals surface area contributed by atoms with Gasteiger partial charge in [-0.15, -0.1) is 0 Å². The first-order chi connectivity index (χ1) is 13.0. The molecule has 1 heterocycles. The van der Waals surface area contributed by atoms with Crippen molar-refractivity contribution in [2.45, 2.75) is 25.5 Å². The van der Waals surface area contributed by atoms with Gasteiger partial charge in [0.1, 0.15) is 5.82 Å². The number of halogens is 1. The zero-order valence-corrected chi connectivity index (χ0v) is 14.8. The number of rotatable bonds is 6. The molecule has 140 valence electrons. The molecule has 6 nitrogen and oxygen atoms in total. The maximum absolute atomic E-state index is 12.9. The van der Waals surface area contributed by atoms with Crippen molar-refractivity contribution in [1.29, 1.82) is 0 Å². The van der Waals surface area contributed by atoms with Crippen molar-refractivity contribution in [3.8, 4) is 0 Å². The number of nitrogens with one attached hydrogen (secondary N) is 1. The van der Waals surface area contributed by atoms with Gasteiger partial charge in [-0.05, 0) is 35.4 Å². The third-order valence-electron chi connectivity index (χ3n) is 4.19. The highest BCUT2D eigenvalue weighted by Crippen LogP contribution is 2.15. The van der Waals surface area contributed by atoms with Crippen LogP contribution in [0.15, 0.2) is 53.7 Å². The van der Waals surface area contributed by atoms with Crippen LogP contribution in [0.3, 0.4) is 0 Å². The fourth-order valence-electron chi connectivity index (χ4n) is 2.69. The Kier molecular flexibility index (Phi) is 5.80. The number of hydrogen-bond donors (Lipinski definition) is 1. The highest BCUT2D eigenvalue weighted by Gasteiger charge is 2.27. The molecule has 1 aliphatic rings. The molecule has 2 aromatic carbocycles. The predicted octanol–water partition coefficient (Wildman–Crippen LogP) is 2.62. The number of amides is 1.